The van der Waals surface area contributed by atoms with Gasteiger partial charge in [0.05, 0.1) is 11.6 Å². The van der Waals surface area contributed by atoms with Crippen LogP contribution < -0.4 is 5.73 Å². The van der Waals surface area contributed by atoms with Crippen molar-refractivity contribution in [3.8, 4) is 11.5 Å². The second kappa shape index (κ2) is 9.59. The number of hydrogen-bond donors (Lipinski definition) is 4. The van der Waals surface area contributed by atoms with E-state index >= 15 is 0 Å². The van der Waals surface area contributed by atoms with Crippen LogP contribution in [0.25, 0.3) is 0 Å². The van der Waals surface area contributed by atoms with Crippen molar-refractivity contribution >= 4 is 11.7 Å². The first-order valence-electron chi connectivity index (χ1n) is 9.77. The molecule has 1 aliphatic rings. The summed E-state index contributed by atoms with van der Waals surface area (Å²) in [6.07, 6.45) is 3.58. The molecule has 0 saturated carbocycles. The maximum absolute atomic E-state index is 12.8. The fourth-order valence-corrected chi connectivity index (χ4v) is 3.52. The average Bonchev–Trinajstić information content (AvgIpc) is 2.85. The SMILES string of the molecule is CC(C)CC(=O)C1=C(O)C(=O)N(CCCCCCN)C1c1ccc(O)cc1O. The van der Waals surface area contributed by atoms with Crippen molar-refractivity contribution in [2.75, 3.05) is 13.1 Å². The number of carbonyl (C=O) groups is 2. The molecule has 1 aliphatic heterocycles. The largest absolute Gasteiger partial charge is 0.508 e. The predicted molar refractivity (Wildman–Crippen MR) is 106 cm³/mol. The van der Waals surface area contributed by atoms with Gasteiger partial charge in [0, 0.05) is 24.6 Å². The summed E-state index contributed by atoms with van der Waals surface area (Å²) in [6.45, 7) is 4.73. The number of amides is 1. The number of benzene rings is 1. The van der Waals surface area contributed by atoms with Crippen LogP contribution in [0, 0.1) is 5.92 Å². The lowest BCUT2D eigenvalue weighted by Crippen LogP contribution is -2.32. The van der Waals surface area contributed by atoms with Gasteiger partial charge in [0.15, 0.2) is 11.5 Å². The summed E-state index contributed by atoms with van der Waals surface area (Å²) in [4.78, 5) is 26.9. The maximum Gasteiger partial charge on any atom is 0.290 e. The minimum absolute atomic E-state index is 0.0154. The van der Waals surface area contributed by atoms with Crippen molar-refractivity contribution in [2.24, 2.45) is 11.7 Å². The molecule has 7 heteroatoms. The van der Waals surface area contributed by atoms with Crippen LogP contribution in [0.1, 0.15) is 57.6 Å². The summed E-state index contributed by atoms with van der Waals surface area (Å²) in [5.41, 5.74) is 5.83. The summed E-state index contributed by atoms with van der Waals surface area (Å²) < 4.78 is 0. The molecule has 1 aromatic carbocycles. The normalized spacial score (nSPS) is 17.1. The number of nitrogens with two attached hydrogens (primary N) is 1. The molecule has 7 nitrogen and oxygen atoms in total. The first-order chi connectivity index (χ1) is 13.3. The van der Waals surface area contributed by atoms with Gasteiger partial charge in [-0.3, -0.25) is 9.59 Å². The van der Waals surface area contributed by atoms with E-state index in [1.807, 2.05) is 13.8 Å². The highest BCUT2D eigenvalue weighted by Gasteiger charge is 2.44. The number of phenols is 2. The lowest BCUT2D eigenvalue weighted by atomic mass is 9.91. The van der Waals surface area contributed by atoms with Crippen molar-refractivity contribution in [1.82, 2.24) is 4.90 Å². The van der Waals surface area contributed by atoms with E-state index in [1.54, 1.807) is 0 Å². The Hall–Kier alpha value is -2.54. The first-order valence-corrected chi connectivity index (χ1v) is 9.77. The van der Waals surface area contributed by atoms with Crippen molar-refractivity contribution < 1.29 is 24.9 Å². The van der Waals surface area contributed by atoms with Gasteiger partial charge in [0.25, 0.3) is 5.91 Å². The summed E-state index contributed by atoms with van der Waals surface area (Å²) in [7, 11) is 0. The fourth-order valence-electron chi connectivity index (χ4n) is 3.52. The standard InChI is InChI=1S/C21H30N2O5/c1-13(2)11-17(26)18-19(15-8-7-14(24)12-16(15)25)23(21(28)20(18)27)10-6-4-3-5-9-22/h7-8,12-13,19,24-25,27H,3-6,9-11,22H2,1-2H3. The Bertz CT molecular complexity index is 757. The molecule has 1 unspecified atom stereocenters. The Morgan fingerprint density at radius 3 is 2.43 bits per heavy atom. The number of nitrogens with zero attached hydrogens (tertiary/aromatic N) is 1. The monoisotopic (exact) mass is 390 g/mol. The molecule has 0 saturated heterocycles. The van der Waals surface area contributed by atoms with Gasteiger partial charge in [-0.25, -0.2) is 0 Å². The Morgan fingerprint density at radius 1 is 1.14 bits per heavy atom. The highest BCUT2D eigenvalue weighted by atomic mass is 16.3. The Morgan fingerprint density at radius 2 is 1.82 bits per heavy atom. The van der Waals surface area contributed by atoms with Gasteiger partial charge in [-0.1, -0.05) is 26.7 Å². The van der Waals surface area contributed by atoms with Crippen molar-refractivity contribution in [1.29, 1.82) is 0 Å². The van der Waals surface area contributed by atoms with Gasteiger partial charge in [-0.05, 0) is 37.4 Å². The predicted octanol–water partition coefficient (Wildman–Crippen LogP) is 2.93. The Balaban J connectivity index is 2.36. The highest BCUT2D eigenvalue weighted by molar-refractivity contribution is 6.09. The molecular formula is C21H30N2O5. The second-order valence-electron chi connectivity index (χ2n) is 7.63. The molecule has 1 atom stereocenters. The number of carbonyl (C=O) groups excluding carboxylic acids is 2. The summed E-state index contributed by atoms with van der Waals surface area (Å²) in [5.74, 6) is -1.77. The third-order valence-electron chi connectivity index (χ3n) is 4.86. The number of aliphatic hydroxyl groups is 1. The molecule has 0 fully saturated rings. The first kappa shape index (κ1) is 21.8. The number of rotatable bonds is 10. The van der Waals surface area contributed by atoms with Gasteiger partial charge in [0.1, 0.15) is 11.5 Å². The third-order valence-corrected chi connectivity index (χ3v) is 4.86. The van der Waals surface area contributed by atoms with E-state index in [0.29, 0.717) is 25.1 Å². The molecule has 0 radical (unpaired) electrons. The van der Waals surface area contributed by atoms with E-state index < -0.39 is 17.7 Å². The zero-order valence-electron chi connectivity index (χ0n) is 16.5. The fraction of sp³-hybridized carbons (Fsp3) is 0.524. The summed E-state index contributed by atoms with van der Waals surface area (Å²) in [5, 5.41) is 30.4. The number of phenolic OH excluding ortho intramolecular Hbond substituents is 2. The zero-order valence-corrected chi connectivity index (χ0v) is 16.5. The highest BCUT2D eigenvalue weighted by Crippen LogP contribution is 2.42. The topological polar surface area (TPSA) is 124 Å². The molecule has 28 heavy (non-hydrogen) atoms. The van der Waals surface area contributed by atoms with Crippen LogP contribution in [0.4, 0.5) is 0 Å². The van der Waals surface area contributed by atoms with E-state index in [1.165, 1.54) is 23.1 Å². The Kier molecular flexibility index (Phi) is 7.45. The Labute approximate surface area is 165 Å². The van der Waals surface area contributed by atoms with Gasteiger partial charge in [0.2, 0.25) is 0 Å². The van der Waals surface area contributed by atoms with Crippen molar-refractivity contribution in [3.05, 3.63) is 35.1 Å². The molecule has 1 heterocycles. The van der Waals surface area contributed by atoms with Crippen LogP contribution in [-0.2, 0) is 9.59 Å². The van der Waals surface area contributed by atoms with Crippen LogP contribution in [-0.4, -0.2) is 45.0 Å². The maximum atomic E-state index is 12.8. The number of hydrogen-bond acceptors (Lipinski definition) is 6. The molecule has 0 bridgehead atoms. The molecule has 5 N–H and O–H groups in total. The molecule has 0 spiro atoms. The zero-order chi connectivity index (χ0) is 20.8. The van der Waals surface area contributed by atoms with Gasteiger partial charge < -0.3 is 26.0 Å². The number of aromatic hydroxyl groups is 2. The molecule has 2 rings (SSSR count). The van der Waals surface area contributed by atoms with E-state index in [-0.39, 0.29) is 35.2 Å². The minimum Gasteiger partial charge on any atom is -0.508 e. The lowest BCUT2D eigenvalue weighted by molar-refractivity contribution is -0.129. The quantitative estimate of drug-likeness (QED) is 0.455. The van der Waals surface area contributed by atoms with E-state index in [2.05, 4.69) is 0 Å². The van der Waals surface area contributed by atoms with Crippen molar-refractivity contribution in [2.45, 2.75) is 52.0 Å². The van der Waals surface area contributed by atoms with Crippen LogP contribution in [0.3, 0.4) is 0 Å². The van der Waals surface area contributed by atoms with Crippen LogP contribution in [0.15, 0.2) is 29.5 Å². The number of ketones is 1. The van der Waals surface area contributed by atoms with Crippen LogP contribution >= 0.6 is 0 Å². The number of aliphatic hydroxyl groups excluding tert-OH is 1. The molecule has 0 aromatic heterocycles. The van der Waals surface area contributed by atoms with Gasteiger partial charge in [-0.2, -0.15) is 0 Å². The summed E-state index contributed by atoms with van der Waals surface area (Å²) >= 11 is 0. The molecule has 1 aromatic rings. The molecule has 1 amide bonds. The van der Waals surface area contributed by atoms with Crippen LogP contribution in [0.5, 0.6) is 11.5 Å². The smallest absolute Gasteiger partial charge is 0.290 e. The second-order valence-corrected chi connectivity index (χ2v) is 7.63. The minimum atomic E-state index is -0.867. The number of unbranched alkanes of at least 4 members (excludes halogenated alkanes) is 3. The molecular weight excluding hydrogens is 360 g/mol. The van der Waals surface area contributed by atoms with E-state index in [9.17, 15) is 24.9 Å². The van der Waals surface area contributed by atoms with Crippen molar-refractivity contribution in [3.63, 3.8) is 0 Å². The number of Topliss-reactive ketones (excluding diaryl/α,β-unsaturated/α-hetero) is 1. The van der Waals surface area contributed by atoms with Gasteiger partial charge in [-0.15, -0.1) is 0 Å². The van der Waals surface area contributed by atoms with E-state index in [0.717, 1.165) is 19.3 Å². The molecule has 154 valence electrons. The third kappa shape index (κ3) is 4.84. The van der Waals surface area contributed by atoms with Crippen LogP contribution in [0.2, 0.25) is 0 Å². The average molecular weight is 390 g/mol. The van der Waals surface area contributed by atoms with E-state index in [4.69, 9.17) is 5.73 Å². The lowest BCUT2D eigenvalue weighted by Gasteiger charge is -2.27. The summed E-state index contributed by atoms with van der Waals surface area (Å²) in [6, 6.07) is 3.16. The van der Waals surface area contributed by atoms with Gasteiger partial charge >= 0.3 is 0 Å². The molecule has 0 aliphatic carbocycles.